The molecule has 1 atom stereocenters. The standard InChI is InChI=1S/C24H26N2O3S/c1-4-23(19-14-13-17(2)18(3)15-19)25-24(27)20-9-8-12-22(16-20)30(28,29)26-21-10-6-5-7-11-21/h5-16,23,26H,4H2,1-3H3,(H,25,27)/t23-/m0/s1. The van der Waals surface area contributed by atoms with E-state index < -0.39 is 10.0 Å². The van der Waals surface area contributed by atoms with Gasteiger partial charge in [-0.05, 0) is 67.3 Å². The Bertz CT molecular complexity index is 1140. The molecule has 0 aliphatic heterocycles. The quantitative estimate of drug-likeness (QED) is 0.563. The van der Waals surface area contributed by atoms with Crippen molar-refractivity contribution >= 4 is 21.6 Å². The Balaban J connectivity index is 1.80. The number of sulfonamides is 1. The van der Waals surface area contributed by atoms with Gasteiger partial charge < -0.3 is 5.32 Å². The summed E-state index contributed by atoms with van der Waals surface area (Å²) >= 11 is 0. The summed E-state index contributed by atoms with van der Waals surface area (Å²) in [5, 5.41) is 3.02. The van der Waals surface area contributed by atoms with Crippen LogP contribution in [-0.4, -0.2) is 14.3 Å². The van der Waals surface area contributed by atoms with E-state index >= 15 is 0 Å². The topological polar surface area (TPSA) is 75.3 Å². The van der Waals surface area contributed by atoms with E-state index in [1.807, 2.05) is 39.0 Å². The summed E-state index contributed by atoms with van der Waals surface area (Å²) in [6, 6.07) is 20.7. The van der Waals surface area contributed by atoms with Crippen molar-refractivity contribution in [3.8, 4) is 0 Å². The number of para-hydroxylation sites is 1. The van der Waals surface area contributed by atoms with Crippen molar-refractivity contribution in [2.24, 2.45) is 0 Å². The molecule has 3 aromatic carbocycles. The van der Waals surface area contributed by atoms with Gasteiger partial charge in [0.1, 0.15) is 0 Å². The molecule has 0 fully saturated rings. The van der Waals surface area contributed by atoms with E-state index in [0.29, 0.717) is 11.3 Å². The van der Waals surface area contributed by atoms with Crippen molar-refractivity contribution in [1.29, 1.82) is 0 Å². The molecule has 156 valence electrons. The minimum Gasteiger partial charge on any atom is -0.345 e. The number of aryl methyl sites for hydroxylation is 2. The maximum atomic E-state index is 12.9. The van der Waals surface area contributed by atoms with Crippen molar-refractivity contribution in [3.63, 3.8) is 0 Å². The summed E-state index contributed by atoms with van der Waals surface area (Å²) in [5.74, 6) is -0.308. The molecule has 0 aliphatic rings. The van der Waals surface area contributed by atoms with Crippen molar-refractivity contribution in [1.82, 2.24) is 5.32 Å². The average molecular weight is 423 g/mol. The number of amides is 1. The van der Waals surface area contributed by atoms with Gasteiger partial charge in [-0.25, -0.2) is 8.42 Å². The van der Waals surface area contributed by atoms with Crippen LogP contribution >= 0.6 is 0 Å². The summed E-state index contributed by atoms with van der Waals surface area (Å²) in [6.07, 6.45) is 0.724. The maximum Gasteiger partial charge on any atom is 0.261 e. The molecule has 0 spiro atoms. The number of hydrogen-bond acceptors (Lipinski definition) is 3. The molecule has 0 radical (unpaired) electrons. The molecule has 1 amide bonds. The normalized spacial score (nSPS) is 12.2. The predicted molar refractivity (Wildman–Crippen MR) is 120 cm³/mol. The van der Waals surface area contributed by atoms with Gasteiger partial charge in [0.05, 0.1) is 10.9 Å². The molecule has 3 aromatic rings. The van der Waals surface area contributed by atoms with E-state index in [-0.39, 0.29) is 16.8 Å². The van der Waals surface area contributed by atoms with Gasteiger partial charge in [0.2, 0.25) is 0 Å². The minimum absolute atomic E-state index is 0.0400. The van der Waals surface area contributed by atoms with E-state index in [9.17, 15) is 13.2 Å². The van der Waals surface area contributed by atoms with Gasteiger partial charge in [-0.1, -0.05) is 49.4 Å². The van der Waals surface area contributed by atoms with E-state index in [0.717, 1.165) is 12.0 Å². The predicted octanol–water partition coefficient (Wildman–Crippen LogP) is 4.99. The van der Waals surface area contributed by atoms with E-state index in [4.69, 9.17) is 0 Å². The fraction of sp³-hybridized carbons (Fsp3) is 0.208. The first-order valence-corrected chi connectivity index (χ1v) is 11.3. The van der Waals surface area contributed by atoms with Gasteiger partial charge in [0.25, 0.3) is 15.9 Å². The zero-order chi connectivity index (χ0) is 21.7. The molecule has 0 saturated heterocycles. The third-order valence-corrected chi connectivity index (χ3v) is 6.46. The summed E-state index contributed by atoms with van der Waals surface area (Å²) < 4.78 is 27.9. The lowest BCUT2D eigenvalue weighted by Gasteiger charge is -2.19. The van der Waals surface area contributed by atoms with Gasteiger partial charge in [-0.2, -0.15) is 0 Å². The lowest BCUT2D eigenvalue weighted by molar-refractivity contribution is 0.0935. The number of nitrogens with one attached hydrogen (secondary N) is 2. The van der Waals surface area contributed by atoms with Crippen LogP contribution in [0, 0.1) is 13.8 Å². The smallest absolute Gasteiger partial charge is 0.261 e. The van der Waals surface area contributed by atoms with Crippen LogP contribution in [0.4, 0.5) is 5.69 Å². The van der Waals surface area contributed by atoms with Gasteiger partial charge >= 0.3 is 0 Å². The number of rotatable bonds is 7. The molecule has 0 saturated carbocycles. The SMILES string of the molecule is CC[C@H](NC(=O)c1cccc(S(=O)(=O)Nc2ccccc2)c1)c1ccc(C)c(C)c1. The highest BCUT2D eigenvalue weighted by Gasteiger charge is 2.19. The second kappa shape index (κ2) is 9.13. The highest BCUT2D eigenvalue weighted by molar-refractivity contribution is 7.92. The Labute approximate surface area is 178 Å². The molecule has 30 heavy (non-hydrogen) atoms. The van der Waals surface area contributed by atoms with E-state index in [1.165, 1.54) is 23.3 Å². The summed E-state index contributed by atoms with van der Waals surface area (Å²) in [7, 11) is -3.80. The highest BCUT2D eigenvalue weighted by Crippen LogP contribution is 2.21. The zero-order valence-corrected chi connectivity index (χ0v) is 18.2. The molecular formula is C24H26N2O3S. The lowest BCUT2D eigenvalue weighted by atomic mass is 9.99. The second-order valence-corrected chi connectivity index (χ2v) is 8.96. The number of hydrogen-bond donors (Lipinski definition) is 2. The first kappa shape index (κ1) is 21.6. The van der Waals surface area contributed by atoms with Crippen molar-refractivity contribution < 1.29 is 13.2 Å². The lowest BCUT2D eigenvalue weighted by Crippen LogP contribution is -2.28. The van der Waals surface area contributed by atoms with Crippen LogP contribution in [-0.2, 0) is 10.0 Å². The van der Waals surface area contributed by atoms with Crippen molar-refractivity contribution in [2.75, 3.05) is 4.72 Å². The number of carbonyl (C=O) groups excluding carboxylic acids is 1. The van der Waals surface area contributed by atoms with Gasteiger partial charge in [-0.15, -0.1) is 0 Å². The molecule has 0 aromatic heterocycles. The van der Waals surface area contributed by atoms with Gasteiger partial charge in [0.15, 0.2) is 0 Å². The molecule has 2 N–H and O–H groups in total. The van der Waals surface area contributed by atoms with Crippen LogP contribution in [0.1, 0.15) is 46.4 Å². The van der Waals surface area contributed by atoms with Crippen LogP contribution < -0.4 is 10.0 Å². The Morgan fingerprint density at radius 1 is 0.900 bits per heavy atom. The summed E-state index contributed by atoms with van der Waals surface area (Å²) in [5.41, 5.74) is 4.16. The van der Waals surface area contributed by atoms with Crippen molar-refractivity contribution in [2.45, 2.75) is 38.1 Å². The van der Waals surface area contributed by atoms with E-state index in [1.54, 1.807) is 36.4 Å². The molecule has 6 heteroatoms. The Kier molecular flexibility index (Phi) is 6.57. The first-order valence-electron chi connectivity index (χ1n) is 9.86. The summed E-state index contributed by atoms with van der Waals surface area (Å²) in [6.45, 7) is 6.10. The number of benzene rings is 3. The van der Waals surface area contributed by atoms with E-state index in [2.05, 4.69) is 16.1 Å². The molecule has 0 unspecified atom stereocenters. The zero-order valence-electron chi connectivity index (χ0n) is 17.3. The third kappa shape index (κ3) is 5.07. The molecule has 5 nitrogen and oxygen atoms in total. The number of carbonyl (C=O) groups is 1. The fourth-order valence-electron chi connectivity index (χ4n) is 3.17. The first-order chi connectivity index (χ1) is 14.3. The van der Waals surface area contributed by atoms with Gasteiger partial charge in [-0.3, -0.25) is 9.52 Å². The molecule has 3 rings (SSSR count). The number of anilines is 1. The molecule has 0 bridgehead atoms. The largest absolute Gasteiger partial charge is 0.345 e. The van der Waals surface area contributed by atoms with Crippen LogP contribution in [0.15, 0.2) is 77.7 Å². The molecule has 0 heterocycles. The monoisotopic (exact) mass is 422 g/mol. The molecule has 0 aliphatic carbocycles. The Morgan fingerprint density at radius 3 is 2.30 bits per heavy atom. The minimum atomic E-state index is -3.80. The average Bonchev–Trinajstić information content (AvgIpc) is 2.74. The summed E-state index contributed by atoms with van der Waals surface area (Å²) in [4.78, 5) is 12.9. The van der Waals surface area contributed by atoms with Crippen LogP contribution in [0.5, 0.6) is 0 Å². The Morgan fingerprint density at radius 2 is 1.63 bits per heavy atom. The highest BCUT2D eigenvalue weighted by atomic mass is 32.2. The van der Waals surface area contributed by atoms with Gasteiger partial charge in [0, 0.05) is 11.3 Å². The third-order valence-electron chi connectivity index (χ3n) is 5.08. The Hall–Kier alpha value is -3.12. The van der Waals surface area contributed by atoms with Crippen LogP contribution in [0.25, 0.3) is 0 Å². The van der Waals surface area contributed by atoms with Crippen LogP contribution in [0.2, 0.25) is 0 Å². The van der Waals surface area contributed by atoms with Crippen molar-refractivity contribution in [3.05, 3.63) is 95.1 Å². The maximum absolute atomic E-state index is 12.9. The van der Waals surface area contributed by atoms with Crippen LogP contribution in [0.3, 0.4) is 0 Å². The molecular weight excluding hydrogens is 396 g/mol. The fourth-order valence-corrected chi connectivity index (χ4v) is 4.27. The second-order valence-electron chi connectivity index (χ2n) is 7.28.